The fourth-order valence-electron chi connectivity index (χ4n) is 2.96. The molecule has 0 aromatic rings. The van der Waals surface area contributed by atoms with Crippen molar-refractivity contribution in [1.82, 2.24) is 10.2 Å². The molecule has 124 valence electrons. The van der Waals surface area contributed by atoms with Crippen molar-refractivity contribution < 1.29 is 19.5 Å². The third-order valence-electron chi connectivity index (χ3n) is 4.35. The number of hydrogen-bond acceptors (Lipinski definition) is 3. The summed E-state index contributed by atoms with van der Waals surface area (Å²) in [5, 5.41) is 11.9. The van der Waals surface area contributed by atoms with Gasteiger partial charge < -0.3 is 15.3 Å². The molecule has 0 spiro atoms. The number of piperidine rings is 1. The Labute approximate surface area is 131 Å². The predicted octanol–water partition coefficient (Wildman–Crippen LogP) is 1.25. The molecule has 1 aliphatic heterocycles. The summed E-state index contributed by atoms with van der Waals surface area (Å²) in [5.74, 6) is -1.000. The number of nitrogens with zero attached hydrogens (tertiary/aromatic N) is 1. The number of carbonyl (C=O) groups excluding carboxylic acids is 2. The topological polar surface area (TPSA) is 86.7 Å². The van der Waals surface area contributed by atoms with E-state index in [1.807, 2.05) is 13.8 Å². The standard InChI is InChI=1S/C16H26N2O4/c1-10(2)8-13(16(21)22)17-14(19)12-4-3-7-18(9-12)15(20)11-5-6-11/h10-13H,3-9H2,1-2H3,(H,17,19)(H,21,22)/t12?,13-/m1/s1. The minimum atomic E-state index is -0.997. The van der Waals surface area contributed by atoms with E-state index in [2.05, 4.69) is 5.32 Å². The Morgan fingerprint density at radius 3 is 2.41 bits per heavy atom. The molecule has 1 unspecified atom stereocenters. The van der Waals surface area contributed by atoms with Crippen LogP contribution in [0.15, 0.2) is 0 Å². The van der Waals surface area contributed by atoms with E-state index in [1.165, 1.54) is 0 Å². The van der Waals surface area contributed by atoms with Gasteiger partial charge in [-0.25, -0.2) is 4.79 Å². The maximum Gasteiger partial charge on any atom is 0.326 e. The molecular weight excluding hydrogens is 284 g/mol. The van der Waals surface area contributed by atoms with Crippen molar-refractivity contribution in [3.8, 4) is 0 Å². The van der Waals surface area contributed by atoms with Crippen molar-refractivity contribution in [1.29, 1.82) is 0 Å². The molecule has 0 radical (unpaired) electrons. The molecule has 2 aliphatic rings. The minimum Gasteiger partial charge on any atom is -0.480 e. The van der Waals surface area contributed by atoms with E-state index in [4.69, 9.17) is 0 Å². The quantitative estimate of drug-likeness (QED) is 0.773. The van der Waals surface area contributed by atoms with Crippen molar-refractivity contribution in [2.45, 2.75) is 52.0 Å². The van der Waals surface area contributed by atoms with Crippen LogP contribution < -0.4 is 5.32 Å². The van der Waals surface area contributed by atoms with E-state index in [0.717, 1.165) is 19.3 Å². The zero-order valence-electron chi connectivity index (χ0n) is 13.4. The van der Waals surface area contributed by atoms with E-state index < -0.39 is 12.0 Å². The summed E-state index contributed by atoms with van der Waals surface area (Å²) in [4.78, 5) is 37.5. The number of nitrogens with one attached hydrogen (secondary N) is 1. The first-order valence-corrected chi connectivity index (χ1v) is 8.20. The monoisotopic (exact) mass is 310 g/mol. The first-order valence-electron chi connectivity index (χ1n) is 8.20. The van der Waals surface area contributed by atoms with Gasteiger partial charge in [0, 0.05) is 19.0 Å². The average molecular weight is 310 g/mol. The molecule has 2 amide bonds. The van der Waals surface area contributed by atoms with Gasteiger partial charge in [0.25, 0.3) is 0 Å². The Morgan fingerprint density at radius 1 is 1.18 bits per heavy atom. The van der Waals surface area contributed by atoms with E-state index >= 15 is 0 Å². The number of hydrogen-bond donors (Lipinski definition) is 2. The Bertz CT molecular complexity index is 445. The zero-order chi connectivity index (χ0) is 16.3. The Hall–Kier alpha value is -1.59. The zero-order valence-corrected chi connectivity index (χ0v) is 13.4. The average Bonchev–Trinajstić information content (AvgIpc) is 3.30. The number of likely N-dealkylation sites (tertiary alicyclic amines) is 1. The van der Waals surface area contributed by atoms with E-state index in [9.17, 15) is 19.5 Å². The van der Waals surface area contributed by atoms with Gasteiger partial charge in [-0.3, -0.25) is 9.59 Å². The van der Waals surface area contributed by atoms with Gasteiger partial charge in [0.05, 0.1) is 5.92 Å². The number of carbonyl (C=O) groups is 3. The van der Waals surface area contributed by atoms with Crippen LogP contribution in [0.1, 0.15) is 46.0 Å². The van der Waals surface area contributed by atoms with Gasteiger partial charge in [0.15, 0.2) is 0 Å². The summed E-state index contributed by atoms with van der Waals surface area (Å²) >= 11 is 0. The largest absolute Gasteiger partial charge is 0.480 e. The second kappa shape index (κ2) is 7.11. The molecule has 0 aromatic heterocycles. The molecule has 1 saturated carbocycles. The molecule has 1 saturated heterocycles. The van der Waals surface area contributed by atoms with Gasteiger partial charge in [-0.1, -0.05) is 13.8 Å². The summed E-state index contributed by atoms with van der Waals surface area (Å²) in [5.41, 5.74) is 0. The molecule has 2 N–H and O–H groups in total. The smallest absolute Gasteiger partial charge is 0.326 e. The number of amides is 2. The highest BCUT2D eigenvalue weighted by Gasteiger charge is 2.37. The van der Waals surface area contributed by atoms with Gasteiger partial charge >= 0.3 is 5.97 Å². The molecule has 2 rings (SSSR count). The first kappa shape index (κ1) is 16.8. The van der Waals surface area contributed by atoms with E-state index in [-0.39, 0.29) is 29.6 Å². The lowest BCUT2D eigenvalue weighted by molar-refractivity contribution is -0.144. The normalized spacial score (nSPS) is 23.2. The molecule has 0 bridgehead atoms. The van der Waals surface area contributed by atoms with Gasteiger partial charge in [-0.15, -0.1) is 0 Å². The van der Waals surface area contributed by atoms with Crippen LogP contribution in [-0.4, -0.2) is 46.9 Å². The van der Waals surface area contributed by atoms with Gasteiger partial charge in [-0.05, 0) is 38.0 Å². The van der Waals surface area contributed by atoms with Crippen LogP contribution in [-0.2, 0) is 14.4 Å². The van der Waals surface area contributed by atoms with Crippen molar-refractivity contribution in [2.75, 3.05) is 13.1 Å². The highest BCUT2D eigenvalue weighted by Crippen LogP contribution is 2.32. The summed E-state index contributed by atoms with van der Waals surface area (Å²) in [6.07, 6.45) is 3.86. The minimum absolute atomic E-state index is 0.162. The lowest BCUT2D eigenvalue weighted by atomic mass is 9.95. The Balaban J connectivity index is 1.90. The molecule has 2 atom stereocenters. The molecule has 6 heteroatoms. The second-order valence-electron chi connectivity index (χ2n) is 6.93. The number of carboxylic acids is 1. The highest BCUT2D eigenvalue weighted by molar-refractivity contribution is 5.86. The maximum absolute atomic E-state index is 12.3. The fraction of sp³-hybridized carbons (Fsp3) is 0.812. The molecular formula is C16H26N2O4. The summed E-state index contributed by atoms with van der Waals surface area (Å²) in [6, 6.07) is -0.845. The van der Waals surface area contributed by atoms with Gasteiger partial charge in [0.2, 0.25) is 11.8 Å². The SMILES string of the molecule is CC(C)C[C@@H](NC(=O)C1CCCN(C(=O)C2CC2)C1)C(=O)O. The highest BCUT2D eigenvalue weighted by atomic mass is 16.4. The lowest BCUT2D eigenvalue weighted by Crippen LogP contribution is -2.50. The second-order valence-corrected chi connectivity index (χ2v) is 6.93. The Morgan fingerprint density at radius 2 is 1.86 bits per heavy atom. The molecule has 6 nitrogen and oxygen atoms in total. The molecule has 1 heterocycles. The van der Waals surface area contributed by atoms with Crippen molar-refractivity contribution in [3.05, 3.63) is 0 Å². The summed E-state index contributed by atoms with van der Waals surface area (Å²) in [7, 11) is 0. The van der Waals surface area contributed by atoms with Crippen molar-refractivity contribution >= 4 is 17.8 Å². The van der Waals surface area contributed by atoms with Gasteiger partial charge in [0.1, 0.15) is 6.04 Å². The maximum atomic E-state index is 12.3. The van der Waals surface area contributed by atoms with Crippen molar-refractivity contribution in [3.63, 3.8) is 0 Å². The van der Waals surface area contributed by atoms with Crippen LogP contribution in [0, 0.1) is 17.8 Å². The van der Waals surface area contributed by atoms with Crippen LogP contribution in [0.25, 0.3) is 0 Å². The van der Waals surface area contributed by atoms with Gasteiger partial charge in [-0.2, -0.15) is 0 Å². The number of rotatable bonds is 6. The number of aliphatic carboxylic acids is 1. The molecule has 0 aromatic carbocycles. The summed E-state index contributed by atoms with van der Waals surface area (Å²) < 4.78 is 0. The molecule has 1 aliphatic carbocycles. The Kier molecular flexibility index (Phi) is 5.42. The van der Waals surface area contributed by atoms with Crippen LogP contribution in [0.5, 0.6) is 0 Å². The van der Waals surface area contributed by atoms with Crippen LogP contribution in [0.2, 0.25) is 0 Å². The molecule has 22 heavy (non-hydrogen) atoms. The number of carboxylic acid groups (broad SMARTS) is 1. The predicted molar refractivity (Wildman–Crippen MR) is 81.0 cm³/mol. The lowest BCUT2D eigenvalue weighted by Gasteiger charge is -2.32. The van der Waals surface area contributed by atoms with Crippen LogP contribution in [0.4, 0.5) is 0 Å². The van der Waals surface area contributed by atoms with E-state index in [1.54, 1.807) is 4.90 Å². The first-order chi connectivity index (χ1) is 10.4. The van der Waals surface area contributed by atoms with Crippen molar-refractivity contribution in [2.24, 2.45) is 17.8 Å². The third-order valence-corrected chi connectivity index (χ3v) is 4.35. The fourth-order valence-corrected chi connectivity index (χ4v) is 2.96. The van der Waals surface area contributed by atoms with E-state index in [0.29, 0.717) is 25.9 Å². The third kappa shape index (κ3) is 4.45. The van der Waals surface area contributed by atoms with Crippen LogP contribution in [0.3, 0.4) is 0 Å². The van der Waals surface area contributed by atoms with Crippen LogP contribution >= 0.6 is 0 Å². The molecule has 2 fully saturated rings. The summed E-state index contributed by atoms with van der Waals surface area (Å²) in [6.45, 7) is 5.00.